The van der Waals surface area contributed by atoms with Crippen LogP contribution in [0.1, 0.15) is 16.6 Å². The third-order valence-corrected chi connectivity index (χ3v) is 3.33. The molecule has 2 aromatic rings. The van der Waals surface area contributed by atoms with Crippen LogP contribution >= 0.6 is 11.3 Å². The van der Waals surface area contributed by atoms with Gasteiger partial charge in [0.15, 0.2) is 5.78 Å². The van der Waals surface area contributed by atoms with E-state index in [0.717, 1.165) is 16.3 Å². The van der Waals surface area contributed by atoms with Crippen LogP contribution in [0.25, 0.3) is 0 Å². The molecule has 0 aliphatic rings. The smallest absolute Gasteiger partial charge is 0.191 e. The first-order valence-corrected chi connectivity index (χ1v) is 6.71. The van der Waals surface area contributed by atoms with Gasteiger partial charge in [-0.25, -0.2) is 0 Å². The minimum Gasteiger partial charge on any atom is -0.492 e. The Kier molecular flexibility index (Phi) is 4.36. The van der Waals surface area contributed by atoms with Crippen molar-refractivity contribution in [2.75, 3.05) is 18.5 Å². The number of benzene rings is 1. The summed E-state index contributed by atoms with van der Waals surface area (Å²) < 4.78 is 5.49. The molecule has 0 aliphatic carbocycles. The van der Waals surface area contributed by atoms with Gasteiger partial charge < -0.3 is 10.1 Å². The molecule has 0 bridgehead atoms. The van der Waals surface area contributed by atoms with E-state index >= 15 is 0 Å². The van der Waals surface area contributed by atoms with E-state index in [-0.39, 0.29) is 12.3 Å². The van der Waals surface area contributed by atoms with Crippen molar-refractivity contribution < 1.29 is 9.53 Å². The zero-order valence-corrected chi connectivity index (χ0v) is 11.0. The van der Waals surface area contributed by atoms with Crippen LogP contribution in [-0.2, 0) is 0 Å². The minimum absolute atomic E-state index is 0.0938. The topological polar surface area (TPSA) is 38.3 Å². The molecule has 2 rings (SSSR count). The van der Waals surface area contributed by atoms with E-state index in [9.17, 15) is 4.79 Å². The van der Waals surface area contributed by atoms with E-state index in [2.05, 4.69) is 5.32 Å². The van der Waals surface area contributed by atoms with Gasteiger partial charge in [0.1, 0.15) is 5.75 Å². The number of thiophene rings is 1. The van der Waals surface area contributed by atoms with Crippen molar-refractivity contribution in [2.24, 2.45) is 0 Å². The molecule has 0 radical (unpaired) electrons. The van der Waals surface area contributed by atoms with Crippen LogP contribution < -0.4 is 10.1 Å². The monoisotopic (exact) mass is 261 g/mol. The molecule has 3 nitrogen and oxygen atoms in total. The minimum atomic E-state index is 0.0938. The fourth-order valence-electron chi connectivity index (χ4n) is 1.59. The summed E-state index contributed by atoms with van der Waals surface area (Å²) in [5, 5.41) is 5.02. The van der Waals surface area contributed by atoms with Crippen molar-refractivity contribution in [3.05, 3.63) is 46.7 Å². The molecule has 0 saturated heterocycles. The summed E-state index contributed by atoms with van der Waals surface area (Å²) in [6.45, 7) is 2.83. The lowest BCUT2D eigenvalue weighted by Crippen LogP contribution is -2.13. The average molecular weight is 261 g/mol. The summed E-state index contributed by atoms with van der Waals surface area (Å²) in [6.07, 6.45) is 0. The molecule has 18 heavy (non-hydrogen) atoms. The van der Waals surface area contributed by atoms with Gasteiger partial charge in [0, 0.05) is 0 Å². The number of carbonyl (C=O) groups is 1. The number of Topliss-reactive ketones (excluding diaryl/α,β-unsaturated/α-hetero) is 1. The number of carbonyl (C=O) groups excluding carboxylic acids is 1. The van der Waals surface area contributed by atoms with Crippen LogP contribution in [0.15, 0.2) is 41.8 Å². The molecule has 0 aliphatic heterocycles. The normalized spacial score (nSPS) is 10.1. The van der Waals surface area contributed by atoms with E-state index < -0.39 is 0 Å². The molecule has 0 saturated carbocycles. The summed E-state index contributed by atoms with van der Waals surface area (Å²) in [7, 11) is 0. The van der Waals surface area contributed by atoms with Crippen molar-refractivity contribution in [3.8, 4) is 5.75 Å². The number of anilines is 1. The lowest BCUT2D eigenvalue weighted by Gasteiger charge is -2.11. The molecule has 0 amide bonds. The first-order valence-electron chi connectivity index (χ1n) is 5.83. The number of hydrogen-bond acceptors (Lipinski definition) is 4. The molecule has 1 aromatic heterocycles. The fourth-order valence-corrected chi connectivity index (χ4v) is 2.26. The van der Waals surface area contributed by atoms with Gasteiger partial charge in [-0.05, 0) is 30.5 Å². The number of ketones is 1. The molecular weight excluding hydrogens is 246 g/mol. The summed E-state index contributed by atoms with van der Waals surface area (Å²) in [5.41, 5.74) is 0.851. The maximum atomic E-state index is 11.9. The van der Waals surface area contributed by atoms with Crippen LogP contribution in [0, 0.1) is 0 Å². The molecule has 1 aromatic carbocycles. The third kappa shape index (κ3) is 3.11. The number of para-hydroxylation sites is 2. The highest BCUT2D eigenvalue weighted by Gasteiger charge is 2.08. The lowest BCUT2D eigenvalue weighted by molar-refractivity contribution is 0.101. The predicted octanol–water partition coefficient (Wildman–Crippen LogP) is 3.44. The molecule has 0 spiro atoms. The van der Waals surface area contributed by atoms with Crippen molar-refractivity contribution in [1.29, 1.82) is 0 Å². The van der Waals surface area contributed by atoms with Gasteiger partial charge in [-0.1, -0.05) is 18.2 Å². The Bertz CT molecular complexity index is 508. The standard InChI is InChI=1S/C14H15NO2S/c1-2-17-13-7-4-3-6-11(13)15-10-12(16)14-8-5-9-18-14/h3-9,15H,2,10H2,1H3. The Hall–Kier alpha value is -1.81. The van der Waals surface area contributed by atoms with E-state index in [4.69, 9.17) is 4.74 Å². The first-order chi connectivity index (χ1) is 8.81. The largest absolute Gasteiger partial charge is 0.492 e. The Morgan fingerprint density at radius 2 is 2.11 bits per heavy atom. The fraction of sp³-hybridized carbons (Fsp3) is 0.214. The van der Waals surface area contributed by atoms with Crippen molar-refractivity contribution >= 4 is 22.8 Å². The quantitative estimate of drug-likeness (QED) is 0.809. The van der Waals surface area contributed by atoms with Crippen molar-refractivity contribution in [1.82, 2.24) is 0 Å². The van der Waals surface area contributed by atoms with Crippen LogP contribution in [0.4, 0.5) is 5.69 Å². The van der Waals surface area contributed by atoms with Gasteiger partial charge in [0.25, 0.3) is 0 Å². The highest BCUT2D eigenvalue weighted by atomic mass is 32.1. The Balaban J connectivity index is 2.00. The van der Waals surface area contributed by atoms with Gasteiger partial charge in [-0.2, -0.15) is 0 Å². The van der Waals surface area contributed by atoms with Crippen molar-refractivity contribution in [2.45, 2.75) is 6.92 Å². The van der Waals surface area contributed by atoms with E-state index in [0.29, 0.717) is 6.61 Å². The van der Waals surface area contributed by atoms with Gasteiger partial charge in [0.05, 0.1) is 23.7 Å². The molecule has 1 N–H and O–H groups in total. The number of nitrogens with one attached hydrogen (secondary N) is 1. The Morgan fingerprint density at radius 1 is 1.28 bits per heavy atom. The van der Waals surface area contributed by atoms with Gasteiger partial charge in [-0.3, -0.25) is 4.79 Å². The summed E-state index contributed by atoms with van der Waals surface area (Å²) in [5.74, 6) is 0.871. The van der Waals surface area contributed by atoms with Crippen molar-refractivity contribution in [3.63, 3.8) is 0 Å². The zero-order chi connectivity index (χ0) is 12.8. The van der Waals surface area contributed by atoms with E-state index in [1.165, 1.54) is 11.3 Å². The highest BCUT2D eigenvalue weighted by Crippen LogP contribution is 2.23. The van der Waals surface area contributed by atoms with Gasteiger partial charge >= 0.3 is 0 Å². The predicted molar refractivity (Wildman–Crippen MR) is 74.8 cm³/mol. The second-order valence-corrected chi connectivity index (χ2v) is 4.63. The third-order valence-electron chi connectivity index (χ3n) is 2.42. The molecule has 0 unspecified atom stereocenters. The van der Waals surface area contributed by atoms with Crippen LogP contribution in [0.3, 0.4) is 0 Å². The SMILES string of the molecule is CCOc1ccccc1NCC(=O)c1cccs1. The van der Waals surface area contributed by atoms with Crippen LogP contribution in [0.2, 0.25) is 0 Å². The highest BCUT2D eigenvalue weighted by molar-refractivity contribution is 7.12. The second kappa shape index (κ2) is 6.21. The number of rotatable bonds is 6. The summed E-state index contributed by atoms with van der Waals surface area (Å²) in [6, 6.07) is 11.3. The molecular formula is C14H15NO2S. The molecule has 1 heterocycles. The van der Waals surface area contributed by atoms with E-state index in [1.807, 2.05) is 48.7 Å². The Morgan fingerprint density at radius 3 is 2.83 bits per heavy atom. The average Bonchev–Trinajstić information content (AvgIpc) is 2.92. The lowest BCUT2D eigenvalue weighted by atomic mass is 10.2. The van der Waals surface area contributed by atoms with Gasteiger partial charge in [0.2, 0.25) is 0 Å². The molecule has 4 heteroatoms. The molecule has 94 valence electrons. The summed E-state index contributed by atoms with van der Waals surface area (Å²) in [4.78, 5) is 12.6. The maximum Gasteiger partial charge on any atom is 0.191 e. The van der Waals surface area contributed by atoms with Crippen LogP contribution in [-0.4, -0.2) is 18.9 Å². The second-order valence-electron chi connectivity index (χ2n) is 3.68. The molecule has 0 fully saturated rings. The number of ether oxygens (including phenoxy) is 1. The maximum absolute atomic E-state index is 11.9. The molecule has 0 atom stereocenters. The van der Waals surface area contributed by atoms with Gasteiger partial charge in [-0.15, -0.1) is 11.3 Å². The number of hydrogen-bond donors (Lipinski definition) is 1. The summed E-state index contributed by atoms with van der Waals surface area (Å²) >= 11 is 1.46. The zero-order valence-electron chi connectivity index (χ0n) is 10.2. The van der Waals surface area contributed by atoms with E-state index in [1.54, 1.807) is 0 Å². The van der Waals surface area contributed by atoms with Crippen LogP contribution in [0.5, 0.6) is 5.75 Å². The first kappa shape index (κ1) is 12.6. The Labute approximate surface area is 110 Å².